The zero-order chi connectivity index (χ0) is 21.3. The van der Waals surface area contributed by atoms with Gasteiger partial charge in [0.2, 0.25) is 5.13 Å². The standard InChI is InChI=1S/C21H23N3O4S2/c1-14-10-17(28-2)7-6-16(14)12-24(21-22-13-23-29-21)30(26,27)18-8-9-19-15(11-18)4-3-5-20(19)25/h6-11,13,20,25H,3-5,12H2,1-2H3. The molecule has 1 heterocycles. The summed E-state index contributed by atoms with van der Waals surface area (Å²) in [6.45, 7) is 2.05. The van der Waals surface area contributed by atoms with E-state index in [-0.39, 0.29) is 11.4 Å². The van der Waals surface area contributed by atoms with Crippen molar-refractivity contribution in [1.82, 2.24) is 9.36 Å². The lowest BCUT2D eigenvalue weighted by Crippen LogP contribution is -2.31. The lowest BCUT2D eigenvalue weighted by atomic mass is 9.90. The molecule has 0 radical (unpaired) electrons. The molecule has 0 aliphatic heterocycles. The van der Waals surface area contributed by atoms with Crippen LogP contribution in [0.4, 0.5) is 5.13 Å². The van der Waals surface area contributed by atoms with Gasteiger partial charge in [-0.1, -0.05) is 12.1 Å². The molecule has 2 aromatic carbocycles. The third-order valence-electron chi connectivity index (χ3n) is 5.41. The second kappa shape index (κ2) is 8.33. The highest BCUT2D eigenvalue weighted by Gasteiger charge is 2.29. The number of aliphatic hydroxyl groups excluding tert-OH is 1. The monoisotopic (exact) mass is 445 g/mol. The van der Waals surface area contributed by atoms with Gasteiger partial charge in [-0.3, -0.25) is 0 Å². The maximum atomic E-state index is 13.6. The number of hydrogen-bond donors (Lipinski definition) is 1. The highest BCUT2D eigenvalue weighted by atomic mass is 32.2. The van der Waals surface area contributed by atoms with Gasteiger partial charge in [0.1, 0.15) is 12.1 Å². The Kier molecular flexibility index (Phi) is 5.77. The van der Waals surface area contributed by atoms with Crippen molar-refractivity contribution in [2.24, 2.45) is 0 Å². The molecule has 1 aliphatic rings. The molecule has 4 rings (SSSR count). The Labute approximate surface area is 180 Å². The van der Waals surface area contributed by atoms with Crippen molar-refractivity contribution in [3.8, 4) is 5.75 Å². The molecule has 0 saturated heterocycles. The van der Waals surface area contributed by atoms with Gasteiger partial charge in [-0.15, -0.1) is 0 Å². The fourth-order valence-electron chi connectivity index (χ4n) is 3.71. The van der Waals surface area contributed by atoms with Crippen LogP contribution < -0.4 is 9.04 Å². The van der Waals surface area contributed by atoms with Crippen LogP contribution >= 0.6 is 11.5 Å². The Morgan fingerprint density at radius 3 is 2.80 bits per heavy atom. The van der Waals surface area contributed by atoms with Gasteiger partial charge in [-0.2, -0.15) is 4.37 Å². The van der Waals surface area contributed by atoms with E-state index < -0.39 is 16.1 Å². The maximum Gasteiger partial charge on any atom is 0.266 e. The smallest absolute Gasteiger partial charge is 0.266 e. The van der Waals surface area contributed by atoms with Crippen LogP contribution in [0.2, 0.25) is 0 Å². The third-order valence-corrected chi connectivity index (χ3v) is 7.95. The molecule has 0 saturated carbocycles. The van der Waals surface area contributed by atoms with E-state index in [0.717, 1.165) is 52.4 Å². The highest BCUT2D eigenvalue weighted by molar-refractivity contribution is 7.93. The average Bonchev–Trinajstić information content (AvgIpc) is 3.27. The summed E-state index contributed by atoms with van der Waals surface area (Å²) >= 11 is 1.04. The first-order valence-electron chi connectivity index (χ1n) is 9.64. The van der Waals surface area contributed by atoms with Crippen LogP contribution in [0.5, 0.6) is 5.75 Å². The van der Waals surface area contributed by atoms with Crippen molar-refractivity contribution in [2.75, 3.05) is 11.4 Å². The van der Waals surface area contributed by atoms with E-state index in [1.165, 1.54) is 10.6 Å². The number of ether oxygens (including phenoxy) is 1. The van der Waals surface area contributed by atoms with Gasteiger partial charge in [-0.05, 0) is 72.7 Å². The number of aromatic nitrogens is 2. The second-order valence-corrected chi connectivity index (χ2v) is 9.92. The Balaban J connectivity index is 1.74. The van der Waals surface area contributed by atoms with E-state index in [1.54, 1.807) is 25.3 Å². The van der Waals surface area contributed by atoms with Crippen LogP contribution in [-0.4, -0.2) is 30.0 Å². The van der Waals surface area contributed by atoms with Crippen molar-refractivity contribution in [1.29, 1.82) is 0 Å². The number of methoxy groups -OCH3 is 1. The van der Waals surface area contributed by atoms with E-state index in [1.807, 2.05) is 25.1 Å². The molecule has 1 aliphatic carbocycles. The molecule has 7 nitrogen and oxygen atoms in total. The van der Waals surface area contributed by atoms with Crippen molar-refractivity contribution in [3.63, 3.8) is 0 Å². The Morgan fingerprint density at radius 2 is 2.10 bits per heavy atom. The Morgan fingerprint density at radius 1 is 1.27 bits per heavy atom. The quantitative estimate of drug-likeness (QED) is 0.623. The van der Waals surface area contributed by atoms with Crippen LogP contribution in [0.3, 0.4) is 0 Å². The first-order chi connectivity index (χ1) is 14.4. The zero-order valence-corrected chi connectivity index (χ0v) is 18.4. The van der Waals surface area contributed by atoms with Crippen LogP contribution in [0.15, 0.2) is 47.6 Å². The molecule has 0 amide bonds. The van der Waals surface area contributed by atoms with Gasteiger partial charge in [0, 0.05) is 11.5 Å². The number of sulfonamides is 1. The lowest BCUT2D eigenvalue weighted by molar-refractivity contribution is 0.156. The van der Waals surface area contributed by atoms with Crippen LogP contribution in [0.25, 0.3) is 0 Å². The largest absolute Gasteiger partial charge is 0.497 e. The van der Waals surface area contributed by atoms with Crippen molar-refractivity contribution < 1.29 is 18.3 Å². The average molecular weight is 446 g/mol. The van der Waals surface area contributed by atoms with E-state index in [4.69, 9.17) is 4.74 Å². The predicted octanol–water partition coefficient (Wildman–Crippen LogP) is 3.62. The third kappa shape index (κ3) is 3.92. The molecule has 158 valence electrons. The molecular formula is C21H23N3O4S2. The molecule has 1 N–H and O–H groups in total. The Hall–Kier alpha value is -2.49. The number of anilines is 1. The summed E-state index contributed by atoms with van der Waals surface area (Å²) in [6.07, 6.45) is 3.11. The summed E-state index contributed by atoms with van der Waals surface area (Å²) in [5.74, 6) is 0.717. The van der Waals surface area contributed by atoms with E-state index in [9.17, 15) is 13.5 Å². The van der Waals surface area contributed by atoms with E-state index in [2.05, 4.69) is 9.36 Å². The molecule has 1 atom stereocenters. The minimum absolute atomic E-state index is 0.132. The van der Waals surface area contributed by atoms with Gasteiger partial charge < -0.3 is 9.84 Å². The number of nitrogens with zero attached hydrogens (tertiary/aromatic N) is 3. The maximum absolute atomic E-state index is 13.6. The fourth-order valence-corrected chi connectivity index (χ4v) is 5.89. The van der Waals surface area contributed by atoms with Gasteiger partial charge in [0.05, 0.1) is 24.7 Å². The van der Waals surface area contributed by atoms with Crippen LogP contribution in [0, 0.1) is 6.92 Å². The van der Waals surface area contributed by atoms with Crippen molar-refractivity contribution >= 4 is 26.7 Å². The highest BCUT2D eigenvalue weighted by Crippen LogP contribution is 2.34. The first-order valence-corrected chi connectivity index (χ1v) is 11.9. The number of aryl methyl sites for hydroxylation is 2. The Bertz CT molecular complexity index is 1150. The summed E-state index contributed by atoms with van der Waals surface area (Å²) in [5, 5.41) is 10.5. The first kappa shape index (κ1) is 20.8. The van der Waals surface area contributed by atoms with Crippen molar-refractivity contribution in [3.05, 3.63) is 65.0 Å². The van der Waals surface area contributed by atoms with Gasteiger partial charge in [-0.25, -0.2) is 17.7 Å². The topological polar surface area (TPSA) is 92.6 Å². The predicted molar refractivity (Wildman–Crippen MR) is 115 cm³/mol. The zero-order valence-electron chi connectivity index (χ0n) is 16.8. The molecule has 30 heavy (non-hydrogen) atoms. The molecule has 3 aromatic rings. The number of hydrogen-bond acceptors (Lipinski definition) is 7. The summed E-state index contributed by atoms with van der Waals surface area (Å²) < 4.78 is 37.8. The summed E-state index contributed by atoms with van der Waals surface area (Å²) in [6, 6.07) is 10.5. The number of fused-ring (bicyclic) bond motifs is 1. The van der Waals surface area contributed by atoms with E-state index >= 15 is 0 Å². The molecule has 0 bridgehead atoms. The fraction of sp³-hybridized carbons (Fsp3) is 0.333. The number of rotatable bonds is 6. The van der Waals surface area contributed by atoms with E-state index in [0.29, 0.717) is 11.6 Å². The number of benzene rings is 2. The molecule has 9 heteroatoms. The molecular weight excluding hydrogens is 422 g/mol. The second-order valence-electron chi connectivity index (χ2n) is 7.30. The summed E-state index contributed by atoms with van der Waals surface area (Å²) in [7, 11) is -2.28. The van der Waals surface area contributed by atoms with Gasteiger partial charge in [0.25, 0.3) is 10.0 Å². The summed E-state index contributed by atoms with van der Waals surface area (Å²) in [5.41, 5.74) is 3.47. The molecule has 1 aromatic heterocycles. The summed E-state index contributed by atoms with van der Waals surface area (Å²) in [4.78, 5) is 4.35. The number of aliphatic hydroxyl groups is 1. The minimum atomic E-state index is -3.88. The van der Waals surface area contributed by atoms with Gasteiger partial charge in [0.15, 0.2) is 0 Å². The van der Waals surface area contributed by atoms with Crippen LogP contribution in [-0.2, 0) is 23.0 Å². The molecule has 0 spiro atoms. The minimum Gasteiger partial charge on any atom is -0.497 e. The lowest BCUT2D eigenvalue weighted by Gasteiger charge is -2.25. The normalized spacial score (nSPS) is 16.2. The molecule has 0 fully saturated rings. The SMILES string of the molecule is COc1ccc(CN(c2ncns2)S(=O)(=O)c2ccc3c(c2)CCCC3O)c(C)c1. The van der Waals surface area contributed by atoms with Crippen LogP contribution in [0.1, 0.15) is 41.2 Å². The van der Waals surface area contributed by atoms with Crippen molar-refractivity contribution in [2.45, 2.75) is 43.7 Å². The van der Waals surface area contributed by atoms with Gasteiger partial charge >= 0.3 is 0 Å². The molecule has 1 unspecified atom stereocenters.